The van der Waals surface area contributed by atoms with Crippen LogP contribution in [-0.2, 0) is 0 Å². The molecule has 0 rings (SSSR count). The Morgan fingerprint density at radius 3 is 2.30 bits per heavy atom. The van der Waals surface area contributed by atoms with Crippen molar-refractivity contribution in [3.05, 3.63) is 0 Å². The molecule has 0 aromatic heterocycles. The van der Waals surface area contributed by atoms with E-state index in [1.165, 1.54) is 0 Å². The molecule has 3 heteroatoms. The number of halogens is 2. The summed E-state index contributed by atoms with van der Waals surface area (Å²) in [6.07, 6.45) is 0. The summed E-state index contributed by atoms with van der Waals surface area (Å²) in [5.41, 5.74) is 0. The van der Waals surface area contributed by atoms with E-state index in [0.29, 0.717) is 4.83 Å². The third-order valence-corrected chi connectivity index (χ3v) is 3.38. The minimum Gasteiger partial charge on any atom is -0.315 e. The molecule has 0 fully saturated rings. The molecule has 0 aliphatic heterocycles. The topological polar surface area (TPSA) is 12.0 Å². The first-order valence-corrected chi connectivity index (χ1v) is 5.61. The average molecular weight is 273 g/mol. The van der Waals surface area contributed by atoms with Crippen molar-refractivity contribution >= 4 is 31.9 Å². The van der Waals surface area contributed by atoms with E-state index in [0.717, 1.165) is 24.3 Å². The lowest BCUT2D eigenvalue weighted by Crippen LogP contribution is -2.27. The Morgan fingerprint density at radius 2 is 1.90 bits per heavy atom. The zero-order valence-electron chi connectivity index (χ0n) is 6.53. The fraction of sp³-hybridized carbons (Fsp3) is 1.00. The van der Waals surface area contributed by atoms with Gasteiger partial charge in [-0.2, -0.15) is 0 Å². The number of nitrogens with one attached hydrogen (secondary N) is 1. The lowest BCUT2D eigenvalue weighted by Gasteiger charge is -2.09. The molecule has 0 spiro atoms. The van der Waals surface area contributed by atoms with Crippen molar-refractivity contribution < 1.29 is 0 Å². The Hall–Kier alpha value is 0.920. The van der Waals surface area contributed by atoms with Crippen LogP contribution in [0.25, 0.3) is 0 Å². The smallest absolute Gasteiger partial charge is 0.0367 e. The van der Waals surface area contributed by atoms with Crippen molar-refractivity contribution in [3.8, 4) is 0 Å². The van der Waals surface area contributed by atoms with Gasteiger partial charge in [0, 0.05) is 16.7 Å². The second-order valence-electron chi connectivity index (χ2n) is 2.80. The molecule has 0 amide bonds. The number of hydrogen-bond donors (Lipinski definition) is 1. The van der Waals surface area contributed by atoms with Gasteiger partial charge in [-0.3, -0.25) is 0 Å². The maximum atomic E-state index is 3.52. The summed E-state index contributed by atoms with van der Waals surface area (Å²) in [6, 6.07) is 0. The molecular weight excluding hydrogens is 258 g/mol. The summed E-state index contributed by atoms with van der Waals surface area (Å²) >= 11 is 6.91. The fourth-order valence-electron chi connectivity index (χ4n) is 0.583. The largest absolute Gasteiger partial charge is 0.315 e. The summed E-state index contributed by atoms with van der Waals surface area (Å²) < 4.78 is 0. The molecule has 0 radical (unpaired) electrons. The maximum Gasteiger partial charge on any atom is 0.0367 e. The van der Waals surface area contributed by atoms with Crippen LogP contribution in [0.3, 0.4) is 0 Å². The number of hydrogen-bond acceptors (Lipinski definition) is 1. The zero-order valence-corrected chi connectivity index (χ0v) is 9.70. The van der Waals surface area contributed by atoms with Gasteiger partial charge in [-0.05, 0) is 12.5 Å². The van der Waals surface area contributed by atoms with Gasteiger partial charge in [0.25, 0.3) is 0 Å². The highest BCUT2D eigenvalue weighted by molar-refractivity contribution is 9.12. The van der Waals surface area contributed by atoms with Crippen LogP contribution in [0.4, 0.5) is 0 Å². The van der Waals surface area contributed by atoms with Crippen LogP contribution in [-0.4, -0.2) is 23.2 Å². The first kappa shape index (κ1) is 10.9. The van der Waals surface area contributed by atoms with Gasteiger partial charge >= 0.3 is 0 Å². The molecule has 0 bridgehead atoms. The summed E-state index contributed by atoms with van der Waals surface area (Å²) in [5.74, 6) is 0.745. The minimum atomic E-state index is 0.561. The van der Waals surface area contributed by atoms with Crippen LogP contribution in [0.15, 0.2) is 0 Å². The molecule has 62 valence electrons. The predicted molar refractivity (Wildman–Crippen MR) is 54.2 cm³/mol. The SMILES string of the molecule is CC(C)CNC[C@H](Br)CBr. The van der Waals surface area contributed by atoms with E-state index < -0.39 is 0 Å². The molecule has 0 saturated heterocycles. The Kier molecular flexibility index (Phi) is 7.23. The van der Waals surface area contributed by atoms with E-state index in [2.05, 4.69) is 51.0 Å². The van der Waals surface area contributed by atoms with Crippen molar-refractivity contribution in [2.45, 2.75) is 18.7 Å². The van der Waals surface area contributed by atoms with E-state index in [4.69, 9.17) is 0 Å². The van der Waals surface area contributed by atoms with Gasteiger partial charge in [0.2, 0.25) is 0 Å². The van der Waals surface area contributed by atoms with Gasteiger partial charge in [0.1, 0.15) is 0 Å². The molecule has 0 heterocycles. The highest BCUT2D eigenvalue weighted by atomic mass is 79.9. The first-order valence-electron chi connectivity index (χ1n) is 3.57. The lowest BCUT2D eigenvalue weighted by molar-refractivity contribution is 0.556. The molecule has 10 heavy (non-hydrogen) atoms. The Balaban J connectivity index is 3.03. The summed E-state index contributed by atoms with van der Waals surface area (Å²) in [7, 11) is 0. The van der Waals surface area contributed by atoms with Gasteiger partial charge in [-0.15, -0.1) is 0 Å². The molecule has 0 unspecified atom stereocenters. The second-order valence-corrected chi connectivity index (χ2v) is 4.75. The average Bonchev–Trinajstić information content (AvgIpc) is 1.87. The number of rotatable bonds is 5. The van der Waals surface area contributed by atoms with Crippen LogP contribution >= 0.6 is 31.9 Å². The van der Waals surface area contributed by atoms with Crippen LogP contribution in [0.5, 0.6) is 0 Å². The molecule has 0 aromatic carbocycles. The van der Waals surface area contributed by atoms with Crippen LogP contribution in [0.2, 0.25) is 0 Å². The predicted octanol–water partition coefficient (Wildman–Crippen LogP) is 2.39. The molecular formula is C7H15Br2N. The van der Waals surface area contributed by atoms with Crippen molar-refractivity contribution in [2.75, 3.05) is 18.4 Å². The highest BCUT2D eigenvalue weighted by Gasteiger charge is 2.00. The van der Waals surface area contributed by atoms with Gasteiger partial charge < -0.3 is 5.32 Å². The first-order chi connectivity index (χ1) is 4.66. The summed E-state index contributed by atoms with van der Waals surface area (Å²) in [4.78, 5) is 0.561. The van der Waals surface area contributed by atoms with E-state index >= 15 is 0 Å². The Labute approximate surface area is 80.2 Å². The standard InChI is InChI=1S/C7H15Br2N/c1-6(2)4-10-5-7(9)3-8/h6-7,10H,3-5H2,1-2H3/t7-/m1/s1. The maximum absolute atomic E-state index is 3.52. The Bertz CT molecular complexity index is 76.0. The van der Waals surface area contributed by atoms with Crippen molar-refractivity contribution in [3.63, 3.8) is 0 Å². The van der Waals surface area contributed by atoms with Gasteiger partial charge in [0.05, 0.1) is 0 Å². The normalized spacial score (nSPS) is 14.1. The van der Waals surface area contributed by atoms with E-state index in [-0.39, 0.29) is 0 Å². The minimum absolute atomic E-state index is 0.561. The van der Waals surface area contributed by atoms with Crippen molar-refractivity contribution in [2.24, 2.45) is 5.92 Å². The van der Waals surface area contributed by atoms with Crippen LogP contribution < -0.4 is 5.32 Å². The van der Waals surface area contributed by atoms with E-state index in [9.17, 15) is 0 Å². The third-order valence-electron chi connectivity index (χ3n) is 1.09. The van der Waals surface area contributed by atoms with E-state index in [1.807, 2.05) is 0 Å². The summed E-state index contributed by atoms with van der Waals surface area (Å²) in [6.45, 7) is 6.58. The molecule has 1 N–H and O–H groups in total. The monoisotopic (exact) mass is 271 g/mol. The lowest BCUT2D eigenvalue weighted by atomic mass is 10.2. The van der Waals surface area contributed by atoms with Gasteiger partial charge in [0.15, 0.2) is 0 Å². The molecule has 1 atom stereocenters. The van der Waals surface area contributed by atoms with Crippen molar-refractivity contribution in [1.82, 2.24) is 5.32 Å². The Morgan fingerprint density at radius 1 is 1.30 bits per heavy atom. The molecule has 0 saturated carbocycles. The van der Waals surface area contributed by atoms with Crippen LogP contribution in [0, 0.1) is 5.92 Å². The highest BCUT2D eigenvalue weighted by Crippen LogP contribution is 2.01. The zero-order chi connectivity index (χ0) is 7.98. The van der Waals surface area contributed by atoms with Crippen LogP contribution in [0.1, 0.15) is 13.8 Å². The number of alkyl halides is 2. The second kappa shape index (κ2) is 6.62. The quantitative estimate of drug-likeness (QED) is 0.758. The summed E-state index contributed by atoms with van der Waals surface area (Å²) in [5, 5.41) is 4.37. The molecule has 0 aliphatic rings. The fourth-order valence-corrected chi connectivity index (χ4v) is 1.04. The molecule has 0 aliphatic carbocycles. The molecule has 1 nitrogen and oxygen atoms in total. The van der Waals surface area contributed by atoms with Crippen molar-refractivity contribution in [1.29, 1.82) is 0 Å². The third kappa shape index (κ3) is 7.03. The van der Waals surface area contributed by atoms with Gasteiger partial charge in [-0.25, -0.2) is 0 Å². The molecule has 0 aromatic rings. The van der Waals surface area contributed by atoms with Gasteiger partial charge in [-0.1, -0.05) is 45.7 Å². The van der Waals surface area contributed by atoms with E-state index in [1.54, 1.807) is 0 Å².